The second-order valence-electron chi connectivity index (χ2n) is 3.09. The molecule has 0 atom stereocenters. The van der Waals surface area contributed by atoms with E-state index < -0.39 is 12.6 Å². The lowest BCUT2D eigenvalue weighted by Crippen LogP contribution is -2.19. The van der Waals surface area contributed by atoms with Gasteiger partial charge in [-0.2, -0.15) is 8.78 Å². The van der Waals surface area contributed by atoms with Crippen LogP contribution in [0.4, 0.5) is 8.78 Å². The smallest absolute Gasteiger partial charge is 0.407 e. The fourth-order valence-corrected chi connectivity index (χ4v) is 1.49. The van der Waals surface area contributed by atoms with E-state index in [0.717, 1.165) is 7.11 Å². The zero-order chi connectivity index (χ0) is 13.5. The number of oxime groups is 1. The van der Waals surface area contributed by atoms with Crippen molar-refractivity contribution in [3.8, 4) is 0 Å². The average molecular weight is 278 g/mol. The quantitative estimate of drug-likeness (QED) is 0.360. The SMILES string of the molecule is COC(=O)C(=NOC(F)F)c1ccccc1CCl. The zero-order valence-electron chi connectivity index (χ0n) is 9.40. The van der Waals surface area contributed by atoms with Crippen molar-refractivity contribution in [3.05, 3.63) is 35.4 Å². The van der Waals surface area contributed by atoms with Gasteiger partial charge in [0.2, 0.25) is 0 Å². The molecule has 0 radical (unpaired) electrons. The van der Waals surface area contributed by atoms with Crippen LogP contribution in [0.3, 0.4) is 0 Å². The minimum absolute atomic E-state index is 0.0981. The third kappa shape index (κ3) is 3.66. The fraction of sp³-hybridized carbons (Fsp3) is 0.273. The first-order chi connectivity index (χ1) is 8.60. The zero-order valence-corrected chi connectivity index (χ0v) is 10.2. The summed E-state index contributed by atoms with van der Waals surface area (Å²) in [4.78, 5) is 15.3. The van der Waals surface area contributed by atoms with E-state index in [-0.39, 0.29) is 11.6 Å². The summed E-state index contributed by atoms with van der Waals surface area (Å²) < 4.78 is 28.4. The highest BCUT2D eigenvalue weighted by atomic mass is 35.5. The van der Waals surface area contributed by atoms with Crippen LogP contribution in [0.1, 0.15) is 11.1 Å². The Kier molecular flexibility index (Phi) is 5.51. The summed E-state index contributed by atoms with van der Waals surface area (Å²) in [6.45, 7) is -3.12. The molecular formula is C11H10ClF2NO3. The molecule has 0 aliphatic heterocycles. The van der Waals surface area contributed by atoms with E-state index in [9.17, 15) is 13.6 Å². The van der Waals surface area contributed by atoms with Crippen molar-refractivity contribution in [3.63, 3.8) is 0 Å². The van der Waals surface area contributed by atoms with Crippen LogP contribution < -0.4 is 0 Å². The second kappa shape index (κ2) is 6.90. The lowest BCUT2D eigenvalue weighted by molar-refractivity contribution is -0.136. The molecule has 98 valence electrons. The number of ether oxygens (including phenoxy) is 1. The molecule has 18 heavy (non-hydrogen) atoms. The van der Waals surface area contributed by atoms with Gasteiger partial charge in [-0.1, -0.05) is 29.4 Å². The molecule has 0 saturated carbocycles. The molecule has 4 nitrogen and oxygen atoms in total. The van der Waals surface area contributed by atoms with Crippen LogP contribution in [0.25, 0.3) is 0 Å². The Morgan fingerprint density at radius 2 is 2.11 bits per heavy atom. The van der Waals surface area contributed by atoms with Gasteiger partial charge < -0.3 is 9.57 Å². The first kappa shape index (κ1) is 14.4. The number of benzene rings is 1. The van der Waals surface area contributed by atoms with E-state index >= 15 is 0 Å². The van der Waals surface area contributed by atoms with Gasteiger partial charge in [0, 0.05) is 11.4 Å². The van der Waals surface area contributed by atoms with Gasteiger partial charge in [0.1, 0.15) is 0 Å². The second-order valence-corrected chi connectivity index (χ2v) is 3.36. The molecule has 0 aliphatic carbocycles. The average Bonchev–Trinajstić information content (AvgIpc) is 2.38. The number of halogens is 3. The van der Waals surface area contributed by atoms with Crippen LogP contribution in [0.15, 0.2) is 29.4 Å². The normalized spacial score (nSPS) is 11.5. The Balaban J connectivity index is 3.17. The van der Waals surface area contributed by atoms with Gasteiger partial charge in [0.25, 0.3) is 0 Å². The molecule has 0 aliphatic rings. The third-order valence-corrected chi connectivity index (χ3v) is 2.31. The van der Waals surface area contributed by atoms with E-state index in [2.05, 4.69) is 14.7 Å². The van der Waals surface area contributed by atoms with Crippen molar-refractivity contribution >= 4 is 23.3 Å². The fourth-order valence-electron chi connectivity index (χ4n) is 1.25. The molecule has 0 N–H and O–H groups in total. The summed E-state index contributed by atoms with van der Waals surface area (Å²) in [5, 5.41) is 3.11. The Morgan fingerprint density at radius 3 is 2.67 bits per heavy atom. The molecular weight excluding hydrogens is 268 g/mol. The number of rotatable bonds is 5. The number of alkyl halides is 3. The van der Waals surface area contributed by atoms with Crippen LogP contribution in [0.2, 0.25) is 0 Å². The van der Waals surface area contributed by atoms with Gasteiger partial charge in [0.15, 0.2) is 5.71 Å². The van der Waals surface area contributed by atoms with Gasteiger partial charge in [-0.15, -0.1) is 11.6 Å². The molecule has 1 aromatic rings. The van der Waals surface area contributed by atoms with Crippen molar-refractivity contribution in [2.75, 3.05) is 7.11 Å². The number of nitrogens with zero attached hydrogens (tertiary/aromatic N) is 1. The predicted octanol–water partition coefficient (Wildman–Crippen LogP) is 2.54. The molecule has 0 aromatic heterocycles. The number of hydrogen-bond acceptors (Lipinski definition) is 4. The number of esters is 1. The molecule has 0 bridgehead atoms. The molecule has 1 rings (SSSR count). The van der Waals surface area contributed by atoms with Crippen LogP contribution in [-0.4, -0.2) is 25.4 Å². The summed E-state index contributed by atoms with van der Waals surface area (Å²) in [7, 11) is 1.11. The summed E-state index contributed by atoms with van der Waals surface area (Å²) in [6.07, 6.45) is 0. The van der Waals surface area contributed by atoms with Crippen LogP contribution in [-0.2, 0) is 20.2 Å². The molecule has 0 spiro atoms. The van der Waals surface area contributed by atoms with E-state index in [4.69, 9.17) is 11.6 Å². The Bertz CT molecular complexity index is 452. The van der Waals surface area contributed by atoms with Crippen molar-refractivity contribution in [1.29, 1.82) is 0 Å². The maximum Gasteiger partial charge on any atom is 0.407 e. The molecule has 0 saturated heterocycles. The molecule has 0 unspecified atom stereocenters. The van der Waals surface area contributed by atoms with Gasteiger partial charge in [-0.25, -0.2) is 4.79 Å². The number of carbonyl (C=O) groups excluding carboxylic acids is 1. The molecule has 0 amide bonds. The molecule has 0 fully saturated rings. The lowest BCUT2D eigenvalue weighted by atomic mass is 10.0. The van der Waals surface area contributed by atoms with Crippen molar-refractivity contribution in [2.45, 2.75) is 12.5 Å². The maximum absolute atomic E-state index is 12.0. The minimum Gasteiger partial charge on any atom is -0.464 e. The topological polar surface area (TPSA) is 47.9 Å². The first-order valence-corrected chi connectivity index (χ1v) is 5.38. The first-order valence-electron chi connectivity index (χ1n) is 4.84. The highest BCUT2D eigenvalue weighted by Crippen LogP contribution is 2.14. The number of hydrogen-bond donors (Lipinski definition) is 0. The monoisotopic (exact) mass is 277 g/mol. The maximum atomic E-state index is 12.0. The minimum atomic E-state index is -3.12. The van der Waals surface area contributed by atoms with E-state index in [0.29, 0.717) is 11.1 Å². The lowest BCUT2D eigenvalue weighted by Gasteiger charge is -2.08. The highest BCUT2D eigenvalue weighted by molar-refractivity contribution is 6.43. The summed E-state index contributed by atoms with van der Waals surface area (Å²) >= 11 is 5.69. The van der Waals surface area contributed by atoms with E-state index in [1.807, 2.05) is 0 Å². The largest absolute Gasteiger partial charge is 0.464 e. The van der Waals surface area contributed by atoms with Gasteiger partial charge in [0.05, 0.1) is 7.11 Å². The van der Waals surface area contributed by atoms with Crippen LogP contribution >= 0.6 is 11.6 Å². The Hall–Kier alpha value is -1.69. The molecule has 7 heteroatoms. The van der Waals surface area contributed by atoms with Crippen molar-refractivity contribution < 1.29 is 23.1 Å². The van der Waals surface area contributed by atoms with Crippen LogP contribution in [0.5, 0.6) is 0 Å². The summed E-state index contributed by atoms with van der Waals surface area (Å²) in [5.41, 5.74) is 0.496. The standard InChI is InChI=1S/C11H10ClF2NO3/c1-17-10(16)9(15-18-11(13)14)8-5-3-2-4-7(8)6-12/h2-5,11H,6H2,1H3. The van der Waals surface area contributed by atoms with E-state index in [1.54, 1.807) is 18.2 Å². The van der Waals surface area contributed by atoms with Gasteiger partial charge in [-0.3, -0.25) is 0 Å². The third-order valence-electron chi connectivity index (χ3n) is 2.02. The van der Waals surface area contributed by atoms with Crippen LogP contribution in [0, 0.1) is 0 Å². The van der Waals surface area contributed by atoms with Crippen molar-refractivity contribution in [2.24, 2.45) is 5.16 Å². The van der Waals surface area contributed by atoms with E-state index in [1.165, 1.54) is 6.07 Å². The van der Waals surface area contributed by atoms with Gasteiger partial charge >= 0.3 is 12.6 Å². The number of methoxy groups -OCH3 is 1. The Morgan fingerprint density at radius 1 is 1.44 bits per heavy atom. The predicted molar refractivity (Wildman–Crippen MR) is 61.6 cm³/mol. The Labute approximate surface area is 107 Å². The molecule has 1 aromatic carbocycles. The van der Waals surface area contributed by atoms with Crippen molar-refractivity contribution in [1.82, 2.24) is 0 Å². The highest BCUT2D eigenvalue weighted by Gasteiger charge is 2.19. The summed E-state index contributed by atoms with van der Waals surface area (Å²) in [5.74, 6) is -0.783. The number of carbonyl (C=O) groups is 1. The van der Waals surface area contributed by atoms with Gasteiger partial charge in [-0.05, 0) is 5.56 Å². The summed E-state index contributed by atoms with van der Waals surface area (Å²) in [6, 6.07) is 6.47. The molecule has 0 heterocycles.